The van der Waals surface area contributed by atoms with E-state index in [0.29, 0.717) is 24.4 Å². The van der Waals surface area contributed by atoms with Crippen molar-refractivity contribution in [1.82, 2.24) is 10.2 Å². The molecule has 0 aliphatic rings. The Balaban J connectivity index is 2.07. The third kappa shape index (κ3) is 7.21. The Hall–Kier alpha value is -3.85. The van der Waals surface area contributed by atoms with Crippen LogP contribution in [0, 0.1) is 13.8 Å². The zero-order valence-electron chi connectivity index (χ0n) is 23.9. The third-order valence-corrected chi connectivity index (χ3v) is 8.68. The van der Waals surface area contributed by atoms with Crippen molar-refractivity contribution in [2.24, 2.45) is 0 Å². The molecule has 214 valence electrons. The van der Waals surface area contributed by atoms with E-state index in [4.69, 9.17) is 4.74 Å². The summed E-state index contributed by atoms with van der Waals surface area (Å²) >= 11 is 0. The van der Waals surface area contributed by atoms with Crippen LogP contribution < -0.4 is 14.4 Å². The quantitative estimate of drug-likeness (QED) is 0.320. The second-order valence-corrected chi connectivity index (χ2v) is 11.5. The number of nitrogens with zero attached hydrogens (tertiary/aromatic N) is 2. The number of methoxy groups -OCH3 is 1. The molecule has 0 bridgehead atoms. The van der Waals surface area contributed by atoms with Crippen LogP contribution in [0.25, 0.3) is 0 Å². The topological polar surface area (TPSA) is 96.0 Å². The van der Waals surface area contributed by atoms with E-state index in [0.717, 1.165) is 27.4 Å². The lowest BCUT2D eigenvalue weighted by Crippen LogP contribution is -2.52. The van der Waals surface area contributed by atoms with Gasteiger partial charge in [0, 0.05) is 13.1 Å². The maximum absolute atomic E-state index is 14.1. The first-order valence-corrected chi connectivity index (χ1v) is 14.9. The molecule has 0 saturated heterocycles. The molecule has 8 nitrogen and oxygen atoms in total. The molecule has 0 spiro atoms. The highest BCUT2D eigenvalue weighted by Crippen LogP contribution is 2.29. The first-order chi connectivity index (χ1) is 19.1. The van der Waals surface area contributed by atoms with Crippen LogP contribution in [-0.2, 0) is 26.2 Å². The Morgan fingerprint density at radius 1 is 0.925 bits per heavy atom. The number of ether oxygens (including phenoxy) is 1. The first kappa shape index (κ1) is 30.7. The normalized spacial score (nSPS) is 11.9. The summed E-state index contributed by atoms with van der Waals surface area (Å²) in [6, 6.07) is 19.9. The lowest BCUT2D eigenvalue weighted by molar-refractivity contribution is -0.140. The second-order valence-electron chi connectivity index (χ2n) is 9.63. The molecule has 3 aromatic carbocycles. The summed E-state index contributed by atoms with van der Waals surface area (Å²) in [6.07, 6.45) is 1.12. The maximum atomic E-state index is 14.1. The van der Waals surface area contributed by atoms with Crippen molar-refractivity contribution < 1.29 is 22.7 Å². The average Bonchev–Trinajstić information content (AvgIpc) is 2.96. The van der Waals surface area contributed by atoms with E-state index in [1.165, 1.54) is 17.0 Å². The molecule has 0 heterocycles. The maximum Gasteiger partial charge on any atom is 0.264 e. The van der Waals surface area contributed by atoms with Crippen LogP contribution in [0.5, 0.6) is 5.75 Å². The fourth-order valence-electron chi connectivity index (χ4n) is 4.45. The fraction of sp³-hybridized carbons (Fsp3) is 0.355. The van der Waals surface area contributed by atoms with Crippen LogP contribution >= 0.6 is 0 Å². The van der Waals surface area contributed by atoms with E-state index in [-0.39, 0.29) is 17.3 Å². The van der Waals surface area contributed by atoms with Crippen LogP contribution in [0.1, 0.15) is 43.4 Å². The van der Waals surface area contributed by atoms with Crippen molar-refractivity contribution in [3.63, 3.8) is 0 Å². The van der Waals surface area contributed by atoms with E-state index in [9.17, 15) is 18.0 Å². The van der Waals surface area contributed by atoms with Gasteiger partial charge in [0.2, 0.25) is 11.8 Å². The van der Waals surface area contributed by atoms with Gasteiger partial charge in [0.05, 0.1) is 17.7 Å². The van der Waals surface area contributed by atoms with Gasteiger partial charge in [0.25, 0.3) is 10.0 Å². The summed E-state index contributed by atoms with van der Waals surface area (Å²) in [5, 5.41) is 2.90. The number of rotatable bonds is 13. The number of benzene rings is 3. The number of aryl methyl sites for hydroxylation is 1. The molecule has 1 N–H and O–H groups in total. The van der Waals surface area contributed by atoms with Crippen LogP contribution in [0.3, 0.4) is 0 Å². The Morgan fingerprint density at radius 2 is 1.60 bits per heavy atom. The number of amides is 2. The molecular formula is C31H39N3O5S. The van der Waals surface area contributed by atoms with E-state index in [1.54, 1.807) is 49.6 Å². The Labute approximate surface area is 238 Å². The van der Waals surface area contributed by atoms with Crippen molar-refractivity contribution in [1.29, 1.82) is 0 Å². The van der Waals surface area contributed by atoms with Crippen LogP contribution in [0.4, 0.5) is 5.69 Å². The summed E-state index contributed by atoms with van der Waals surface area (Å²) in [5.41, 5.74) is 2.87. The molecule has 0 aliphatic carbocycles. The van der Waals surface area contributed by atoms with E-state index < -0.39 is 28.5 Å². The minimum Gasteiger partial charge on any atom is -0.497 e. The van der Waals surface area contributed by atoms with Crippen molar-refractivity contribution in [2.75, 3.05) is 24.5 Å². The number of carbonyl (C=O) groups is 2. The van der Waals surface area contributed by atoms with Gasteiger partial charge in [-0.15, -0.1) is 0 Å². The summed E-state index contributed by atoms with van der Waals surface area (Å²) in [6.45, 7) is 7.69. The van der Waals surface area contributed by atoms with Gasteiger partial charge in [-0.1, -0.05) is 56.3 Å². The lowest BCUT2D eigenvalue weighted by Gasteiger charge is -2.33. The molecule has 0 fully saturated rings. The monoisotopic (exact) mass is 565 g/mol. The van der Waals surface area contributed by atoms with Gasteiger partial charge < -0.3 is 15.0 Å². The van der Waals surface area contributed by atoms with E-state index in [1.807, 2.05) is 45.9 Å². The van der Waals surface area contributed by atoms with Gasteiger partial charge in [0.15, 0.2) is 0 Å². The molecule has 9 heteroatoms. The highest BCUT2D eigenvalue weighted by Gasteiger charge is 2.34. The minimum absolute atomic E-state index is 0.0816. The van der Waals surface area contributed by atoms with Gasteiger partial charge in [-0.25, -0.2) is 8.42 Å². The lowest BCUT2D eigenvalue weighted by atomic mass is 10.1. The summed E-state index contributed by atoms with van der Waals surface area (Å²) in [7, 11) is -2.53. The van der Waals surface area contributed by atoms with Gasteiger partial charge >= 0.3 is 0 Å². The van der Waals surface area contributed by atoms with Crippen LogP contribution in [0.15, 0.2) is 77.7 Å². The third-order valence-electron chi connectivity index (χ3n) is 6.90. The highest BCUT2D eigenvalue weighted by atomic mass is 32.2. The molecule has 3 aromatic rings. The highest BCUT2D eigenvalue weighted by molar-refractivity contribution is 7.92. The molecule has 0 aliphatic heterocycles. The van der Waals surface area contributed by atoms with E-state index >= 15 is 0 Å². The number of hydrogen-bond acceptors (Lipinski definition) is 5. The van der Waals surface area contributed by atoms with Gasteiger partial charge in [-0.05, 0) is 73.7 Å². The number of carbonyl (C=O) groups excluding carboxylic acids is 2. The van der Waals surface area contributed by atoms with Crippen molar-refractivity contribution in [2.45, 2.75) is 58.0 Å². The molecule has 0 radical (unpaired) electrons. The first-order valence-electron chi connectivity index (χ1n) is 13.5. The Morgan fingerprint density at radius 3 is 2.20 bits per heavy atom. The van der Waals surface area contributed by atoms with Crippen molar-refractivity contribution in [3.05, 3.63) is 89.5 Å². The van der Waals surface area contributed by atoms with Gasteiger partial charge in [0.1, 0.15) is 18.3 Å². The van der Waals surface area contributed by atoms with E-state index in [2.05, 4.69) is 5.32 Å². The fourth-order valence-corrected chi connectivity index (χ4v) is 5.94. The molecular weight excluding hydrogens is 526 g/mol. The Bertz CT molecular complexity index is 1390. The second kappa shape index (κ2) is 14.0. The minimum atomic E-state index is -4.10. The molecule has 40 heavy (non-hydrogen) atoms. The Kier molecular flexibility index (Phi) is 10.7. The summed E-state index contributed by atoms with van der Waals surface area (Å²) < 4.78 is 34.3. The molecule has 2 amide bonds. The average molecular weight is 566 g/mol. The number of hydrogen-bond donors (Lipinski definition) is 1. The smallest absolute Gasteiger partial charge is 0.264 e. The summed E-state index contributed by atoms with van der Waals surface area (Å²) in [5.74, 6) is -0.0745. The largest absolute Gasteiger partial charge is 0.497 e. The summed E-state index contributed by atoms with van der Waals surface area (Å²) in [4.78, 5) is 28.9. The number of anilines is 1. The number of sulfonamides is 1. The number of nitrogens with one attached hydrogen (secondary N) is 1. The zero-order valence-corrected chi connectivity index (χ0v) is 24.7. The zero-order chi connectivity index (χ0) is 29.3. The molecule has 1 atom stereocenters. The van der Waals surface area contributed by atoms with Gasteiger partial charge in [-0.2, -0.15) is 0 Å². The van der Waals surface area contributed by atoms with Gasteiger partial charge in [-0.3, -0.25) is 13.9 Å². The molecule has 0 aromatic heterocycles. The van der Waals surface area contributed by atoms with Crippen molar-refractivity contribution >= 4 is 27.5 Å². The predicted molar refractivity (Wildman–Crippen MR) is 158 cm³/mol. The molecule has 1 unspecified atom stereocenters. The predicted octanol–water partition coefficient (Wildman–Crippen LogP) is 4.84. The standard InChI is InChI=1S/C31H39N3O5S/c1-6-20-32-31(36)28(7-2)33(21-25-16-18-26(39-5)19-17-25)30(35)22-34(29-15-11-12-23(3)24(29)4)40(37,38)27-13-9-8-10-14-27/h8-19,28H,6-7,20-22H2,1-5H3,(H,32,36). The van der Waals surface area contributed by atoms with Crippen LogP contribution in [-0.4, -0.2) is 51.4 Å². The molecule has 0 saturated carbocycles. The SMILES string of the molecule is CCCNC(=O)C(CC)N(Cc1ccc(OC)cc1)C(=O)CN(c1cccc(C)c1C)S(=O)(=O)c1ccccc1. The van der Waals surface area contributed by atoms with Crippen LogP contribution in [0.2, 0.25) is 0 Å². The molecule has 3 rings (SSSR count). The van der Waals surface area contributed by atoms with Crippen molar-refractivity contribution in [3.8, 4) is 5.75 Å².